The van der Waals surface area contributed by atoms with Crippen LogP contribution in [0, 0.1) is 6.92 Å². The average molecular weight is 773 g/mol. The fourth-order valence-corrected chi connectivity index (χ4v) is 7.90. The number of benzene rings is 3. The molecule has 0 N–H and O–H groups in total. The van der Waals surface area contributed by atoms with Gasteiger partial charge < -0.3 is 18.9 Å². The highest BCUT2D eigenvalue weighted by molar-refractivity contribution is 6.07. The summed E-state index contributed by atoms with van der Waals surface area (Å²) < 4.78 is 24.5. The molecule has 3 heterocycles. The number of hydrogen-bond donors (Lipinski definition) is 0. The largest absolute Gasteiger partial charge is 0.493 e. The molecule has 0 fully saturated rings. The quantitative estimate of drug-likeness (QED) is 0.0570. The van der Waals surface area contributed by atoms with Gasteiger partial charge in [-0.25, -0.2) is 9.59 Å². The monoisotopic (exact) mass is 772 g/mol. The van der Waals surface area contributed by atoms with E-state index in [9.17, 15) is 9.59 Å². The third-order valence-electron chi connectivity index (χ3n) is 10.7. The summed E-state index contributed by atoms with van der Waals surface area (Å²) in [5.74, 6) is -0.193. The molecule has 0 saturated carbocycles. The van der Waals surface area contributed by atoms with Gasteiger partial charge in [-0.3, -0.25) is 9.97 Å². The number of carbonyl (C=O) groups is 2. The number of pyridine rings is 2. The zero-order valence-corrected chi connectivity index (χ0v) is 34.7. The standard InChI is InChI=1S/C49H60N2O6/c1-6-7-8-9-10-11-12-13-14-15-16-21-31-55-47(52)37-23-18-17-22-36(37)33-56-48(53)46(57-49(3,4)5)42-34(2)51-40-25-20-19-24-38(40)44(42)39-26-27-41-43-35(29-32-54-41)28-30-50-45(39)43/h17-20,22-28,30,46H,6-16,21,29,31-33H2,1-5H3/t46-/m0/s1. The number of rotatable bonds is 20. The first-order chi connectivity index (χ1) is 27.7. The molecule has 8 heteroatoms. The van der Waals surface area contributed by atoms with Gasteiger partial charge in [0.15, 0.2) is 6.10 Å². The molecule has 5 aromatic rings. The van der Waals surface area contributed by atoms with E-state index in [4.69, 9.17) is 28.9 Å². The Morgan fingerprint density at radius 1 is 0.807 bits per heavy atom. The van der Waals surface area contributed by atoms with Crippen LogP contribution in [0.2, 0.25) is 0 Å². The number of esters is 2. The number of hydrogen-bond acceptors (Lipinski definition) is 8. The van der Waals surface area contributed by atoms with Gasteiger partial charge in [-0.1, -0.05) is 114 Å². The average Bonchev–Trinajstić information content (AvgIpc) is 3.20. The highest BCUT2D eigenvalue weighted by Crippen LogP contribution is 2.44. The van der Waals surface area contributed by atoms with Gasteiger partial charge in [0.25, 0.3) is 0 Å². The van der Waals surface area contributed by atoms with Crippen molar-refractivity contribution in [2.75, 3.05) is 13.2 Å². The van der Waals surface area contributed by atoms with Crippen LogP contribution in [0.25, 0.3) is 32.9 Å². The van der Waals surface area contributed by atoms with Gasteiger partial charge in [0.2, 0.25) is 0 Å². The van der Waals surface area contributed by atoms with Crippen molar-refractivity contribution < 1.29 is 28.5 Å². The molecule has 3 aromatic carbocycles. The molecule has 302 valence electrons. The molecule has 0 radical (unpaired) electrons. The number of nitrogens with zero attached hydrogens (tertiary/aromatic N) is 2. The van der Waals surface area contributed by atoms with Crippen LogP contribution in [-0.4, -0.2) is 40.7 Å². The van der Waals surface area contributed by atoms with Crippen LogP contribution in [-0.2, 0) is 32.0 Å². The van der Waals surface area contributed by atoms with Crippen molar-refractivity contribution in [2.45, 2.75) is 136 Å². The second kappa shape index (κ2) is 20.0. The Morgan fingerprint density at radius 2 is 1.49 bits per heavy atom. The summed E-state index contributed by atoms with van der Waals surface area (Å²) >= 11 is 0. The van der Waals surface area contributed by atoms with Crippen LogP contribution in [0.1, 0.15) is 144 Å². The maximum absolute atomic E-state index is 14.5. The molecular weight excluding hydrogens is 713 g/mol. The lowest BCUT2D eigenvalue weighted by molar-refractivity contribution is -0.168. The van der Waals surface area contributed by atoms with E-state index >= 15 is 0 Å². The van der Waals surface area contributed by atoms with Crippen molar-refractivity contribution in [1.29, 1.82) is 0 Å². The molecule has 0 bridgehead atoms. The number of ether oxygens (including phenoxy) is 4. The van der Waals surface area contributed by atoms with Crippen LogP contribution < -0.4 is 4.74 Å². The summed E-state index contributed by atoms with van der Waals surface area (Å²) in [6.45, 7) is 10.8. The molecule has 0 saturated heterocycles. The Labute approximate surface area is 338 Å². The third-order valence-corrected chi connectivity index (χ3v) is 10.7. The summed E-state index contributed by atoms with van der Waals surface area (Å²) in [4.78, 5) is 37.6. The van der Waals surface area contributed by atoms with Crippen molar-refractivity contribution in [3.8, 4) is 16.9 Å². The summed E-state index contributed by atoms with van der Waals surface area (Å²) in [6, 6.07) is 21.1. The maximum Gasteiger partial charge on any atom is 0.340 e. The van der Waals surface area contributed by atoms with Gasteiger partial charge in [-0.2, -0.15) is 0 Å². The lowest BCUT2D eigenvalue weighted by Gasteiger charge is -2.29. The van der Waals surface area contributed by atoms with E-state index in [-0.39, 0.29) is 6.61 Å². The summed E-state index contributed by atoms with van der Waals surface area (Å²) in [5, 5.41) is 1.85. The summed E-state index contributed by atoms with van der Waals surface area (Å²) in [5.41, 5.74) is 5.93. The molecule has 0 aliphatic carbocycles. The first-order valence-electron chi connectivity index (χ1n) is 21.2. The Bertz CT molecular complexity index is 2130. The van der Waals surface area contributed by atoms with Gasteiger partial charge in [0.1, 0.15) is 12.4 Å². The zero-order chi connectivity index (χ0) is 40.2. The number of carbonyl (C=O) groups excluding carboxylic acids is 2. The van der Waals surface area contributed by atoms with Gasteiger partial charge in [-0.05, 0) is 70.0 Å². The number of para-hydroxylation sites is 1. The first kappa shape index (κ1) is 41.8. The molecule has 1 aliphatic heterocycles. The van der Waals surface area contributed by atoms with Crippen LogP contribution in [0.5, 0.6) is 5.75 Å². The Balaban J connectivity index is 1.17. The normalized spacial score (nSPS) is 13.1. The number of aromatic nitrogens is 2. The number of fused-ring (bicyclic) bond motifs is 1. The highest BCUT2D eigenvalue weighted by Gasteiger charge is 2.35. The van der Waals surface area contributed by atoms with E-state index in [0.29, 0.717) is 35.6 Å². The Hall–Kier alpha value is -4.82. The molecule has 0 amide bonds. The second-order valence-corrected chi connectivity index (χ2v) is 16.3. The molecule has 0 unspecified atom stereocenters. The third kappa shape index (κ3) is 10.8. The predicted octanol–water partition coefficient (Wildman–Crippen LogP) is 12.2. The van der Waals surface area contributed by atoms with E-state index in [1.807, 2.05) is 82.4 Å². The van der Waals surface area contributed by atoms with Gasteiger partial charge >= 0.3 is 11.9 Å². The van der Waals surface area contributed by atoms with Crippen LogP contribution in [0.15, 0.2) is 72.9 Å². The van der Waals surface area contributed by atoms with Crippen molar-refractivity contribution in [3.05, 3.63) is 101 Å². The topological polar surface area (TPSA) is 96.8 Å². The highest BCUT2D eigenvalue weighted by atomic mass is 16.6. The molecule has 1 atom stereocenters. The van der Waals surface area contributed by atoms with E-state index in [1.165, 1.54) is 63.4 Å². The minimum absolute atomic E-state index is 0.123. The van der Waals surface area contributed by atoms with E-state index in [2.05, 4.69) is 6.92 Å². The first-order valence-corrected chi connectivity index (χ1v) is 21.2. The maximum atomic E-state index is 14.5. The summed E-state index contributed by atoms with van der Waals surface area (Å²) in [6.07, 6.45) is 16.4. The molecule has 6 rings (SSSR count). The summed E-state index contributed by atoms with van der Waals surface area (Å²) in [7, 11) is 0. The second-order valence-electron chi connectivity index (χ2n) is 16.3. The molecule has 8 nitrogen and oxygen atoms in total. The van der Waals surface area contributed by atoms with Gasteiger partial charge in [-0.15, -0.1) is 0 Å². The number of unbranched alkanes of at least 4 members (excludes halogenated alkanes) is 11. The minimum Gasteiger partial charge on any atom is -0.493 e. The smallest absolute Gasteiger partial charge is 0.340 e. The Morgan fingerprint density at radius 3 is 2.23 bits per heavy atom. The zero-order valence-electron chi connectivity index (χ0n) is 34.7. The lowest BCUT2D eigenvalue weighted by atomic mass is 9.88. The molecule has 2 aromatic heterocycles. The van der Waals surface area contributed by atoms with Crippen LogP contribution in [0.4, 0.5) is 0 Å². The minimum atomic E-state index is -1.14. The molecule has 57 heavy (non-hydrogen) atoms. The molecule has 0 spiro atoms. The van der Waals surface area contributed by atoms with E-state index < -0.39 is 23.6 Å². The fourth-order valence-electron chi connectivity index (χ4n) is 7.90. The lowest BCUT2D eigenvalue weighted by Crippen LogP contribution is -2.30. The fraction of sp³-hybridized carbons (Fsp3) is 0.469. The predicted molar refractivity (Wildman–Crippen MR) is 228 cm³/mol. The van der Waals surface area contributed by atoms with Gasteiger partial charge in [0, 0.05) is 51.3 Å². The van der Waals surface area contributed by atoms with Crippen molar-refractivity contribution in [1.82, 2.24) is 9.97 Å². The van der Waals surface area contributed by atoms with E-state index in [1.54, 1.807) is 18.2 Å². The van der Waals surface area contributed by atoms with Crippen LogP contribution in [0.3, 0.4) is 0 Å². The van der Waals surface area contributed by atoms with Crippen molar-refractivity contribution in [3.63, 3.8) is 0 Å². The SMILES string of the molecule is CCCCCCCCCCCCCCOC(=O)c1ccccc1COC(=O)[C@@H](OC(C)(C)C)c1c(C)nc2ccccc2c1-c1ccc2c3c(ccnc13)CCO2. The van der Waals surface area contributed by atoms with Crippen LogP contribution >= 0.6 is 0 Å². The van der Waals surface area contributed by atoms with Crippen molar-refractivity contribution in [2.24, 2.45) is 0 Å². The molecule has 1 aliphatic rings. The van der Waals surface area contributed by atoms with Crippen molar-refractivity contribution >= 4 is 33.7 Å². The van der Waals surface area contributed by atoms with Gasteiger partial charge in [0.05, 0.1) is 35.4 Å². The van der Waals surface area contributed by atoms with E-state index in [0.717, 1.165) is 64.4 Å². The molecular formula is C49H60N2O6. The Kier molecular flexibility index (Phi) is 14.7. The number of aryl methyl sites for hydroxylation is 1.